The normalized spacial score (nSPS) is 21.0. The van der Waals surface area contributed by atoms with Crippen LogP contribution in [0.15, 0.2) is 18.3 Å². The molecule has 1 saturated carbocycles. The summed E-state index contributed by atoms with van der Waals surface area (Å²) < 4.78 is 40.8. The Hall–Kier alpha value is -2.32. The number of halogens is 3. The van der Waals surface area contributed by atoms with Crippen molar-refractivity contribution in [3.05, 3.63) is 23.9 Å². The maximum Gasteiger partial charge on any atom is 0.422 e. The highest BCUT2D eigenvalue weighted by Crippen LogP contribution is 2.26. The lowest BCUT2D eigenvalue weighted by molar-refractivity contribution is -0.154. The minimum atomic E-state index is -4.49. The van der Waals surface area contributed by atoms with Crippen molar-refractivity contribution in [3.63, 3.8) is 0 Å². The van der Waals surface area contributed by atoms with E-state index in [9.17, 15) is 22.8 Å². The summed E-state index contributed by atoms with van der Waals surface area (Å²) in [6.45, 7) is -1.49. The van der Waals surface area contributed by atoms with Gasteiger partial charge in [-0.3, -0.25) is 9.59 Å². The Labute approximate surface area is 129 Å². The molecule has 2 N–H and O–H groups in total. The Morgan fingerprint density at radius 1 is 1.39 bits per heavy atom. The molecule has 2 atom stereocenters. The molecule has 0 aromatic carbocycles. The van der Waals surface area contributed by atoms with Crippen molar-refractivity contribution in [3.8, 4) is 5.88 Å². The molecule has 1 amide bonds. The van der Waals surface area contributed by atoms with Gasteiger partial charge < -0.3 is 15.2 Å². The molecular formula is C14H15F3N2O4. The first-order chi connectivity index (χ1) is 10.7. The van der Waals surface area contributed by atoms with Crippen LogP contribution in [0.25, 0.3) is 0 Å². The summed E-state index contributed by atoms with van der Waals surface area (Å²) in [6.07, 6.45) is -1.95. The number of carbonyl (C=O) groups excluding carboxylic acids is 1. The Morgan fingerprint density at radius 2 is 2.13 bits per heavy atom. The third-order valence-electron chi connectivity index (χ3n) is 3.50. The molecule has 23 heavy (non-hydrogen) atoms. The van der Waals surface area contributed by atoms with Gasteiger partial charge in [0.2, 0.25) is 5.88 Å². The van der Waals surface area contributed by atoms with Gasteiger partial charge in [-0.2, -0.15) is 13.2 Å². The predicted molar refractivity (Wildman–Crippen MR) is 72.0 cm³/mol. The molecule has 1 aromatic heterocycles. The van der Waals surface area contributed by atoms with Gasteiger partial charge in [-0.1, -0.05) is 0 Å². The Kier molecular flexibility index (Phi) is 5.07. The topological polar surface area (TPSA) is 88.5 Å². The van der Waals surface area contributed by atoms with Gasteiger partial charge in [-0.25, -0.2) is 4.98 Å². The van der Waals surface area contributed by atoms with E-state index in [1.165, 1.54) is 12.3 Å². The second-order valence-corrected chi connectivity index (χ2v) is 5.31. The van der Waals surface area contributed by atoms with Crippen molar-refractivity contribution in [2.24, 2.45) is 5.92 Å². The van der Waals surface area contributed by atoms with E-state index in [1.807, 2.05) is 0 Å². The lowest BCUT2D eigenvalue weighted by Crippen LogP contribution is -2.33. The minimum absolute atomic E-state index is 0.107. The van der Waals surface area contributed by atoms with E-state index in [4.69, 9.17) is 5.11 Å². The Bertz CT molecular complexity index is 592. The van der Waals surface area contributed by atoms with Crippen molar-refractivity contribution < 1.29 is 32.6 Å². The van der Waals surface area contributed by atoms with Crippen molar-refractivity contribution in [2.75, 3.05) is 6.61 Å². The van der Waals surface area contributed by atoms with Gasteiger partial charge in [-0.05, 0) is 25.3 Å². The van der Waals surface area contributed by atoms with Gasteiger partial charge in [0, 0.05) is 23.9 Å². The molecule has 0 aliphatic heterocycles. The van der Waals surface area contributed by atoms with Crippen molar-refractivity contribution in [2.45, 2.75) is 31.5 Å². The number of carboxylic acid groups (broad SMARTS) is 1. The molecule has 1 aliphatic carbocycles. The van der Waals surface area contributed by atoms with Crippen LogP contribution in [0.5, 0.6) is 5.88 Å². The highest BCUT2D eigenvalue weighted by atomic mass is 19.4. The van der Waals surface area contributed by atoms with E-state index in [0.29, 0.717) is 19.3 Å². The Morgan fingerprint density at radius 3 is 2.74 bits per heavy atom. The van der Waals surface area contributed by atoms with Gasteiger partial charge in [0.25, 0.3) is 5.91 Å². The summed E-state index contributed by atoms with van der Waals surface area (Å²) >= 11 is 0. The maximum absolute atomic E-state index is 12.1. The minimum Gasteiger partial charge on any atom is -0.481 e. The predicted octanol–water partition coefficient (Wildman–Crippen LogP) is 2.01. The molecule has 0 saturated heterocycles. The molecule has 1 aromatic rings. The Balaban J connectivity index is 1.93. The van der Waals surface area contributed by atoms with Crippen LogP contribution in [0.1, 0.15) is 29.6 Å². The monoisotopic (exact) mass is 332 g/mol. The third kappa shape index (κ3) is 5.11. The summed E-state index contributed by atoms with van der Waals surface area (Å²) in [5, 5.41) is 11.6. The fourth-order valence-corrected chi connectivity index (χ4v) is 2.39. The van der Waals surface area contributed by atoms with Gasteiger partial charge >= 0.3 is 12.1 Å². The first-order valence-electron chi connectivity index (χ1n) is 6.94. The number of aliphatic carboxylic acids is 1. The molecule has 1 fully saturated rings. The van der Waals surface area contributed by atoms with E-state index >= 15 is 0 Å². The number of nitrogens with zero attached hydrogens (tertiary/aromatic N) is 1. The largest absolute Gasteiger partial charge is 0.481 e. The number of ether oxygens (including phenoxy) is 1. The summed E-state index contributed by atoms with van der Waals surface area (Å²) in [7, 11) is 0. The van der Waals surface area contributed by atoms with E-state index in [1.54, 1.807) is 0 Å². The number of carbonyl (C=O) groups is 2. The van der Waals surface area contributed by atoms with E-state index in [-0.39, 0.29) is 17.5 Å². The number of hydrogen-bond acceptors (Lipinski definition) is 4. The molecule has 2 rings (SSSR count). The van der Waals surface area contributed by atoms with Crippen molar-refractivity contribution in [1.82, 2.24) is 10.3 Å². The van der Waals surface area contributed by atoms with Crippen molar-refractivity contribution >= 4 is 11.9 Å². The standard InChI is InChI=1S/C14H15F3N2O4/c15-14(16,17)7-23-11-6-8(3-4-18-11)12(20)19-10-2-1-9(5-10)13(21)22/h3-4,6,9-10H,1-2,5,7H2,(H,19,20)(H,21,22)/t9-,10+/m1/s1. The fourth-order valence-electron chi connectivity index (χ4n) is 2.39. The first kappa shape index (κ1) is 17.0. The van der Waals surface area contributed by atoms with E-state index in [2.05, 4.69) is 15.0 Å². The second-order valence-electron chi connectivity index (χ2n) is 5.31. The zero-order chi connectivity index (χ0) is 17.0. The van der Waals surface area contributed by atoms with Crippen molar-refractivity contribution in [1.29, 1.82) is 0 Å². The molecule has 126 valence electrons. The number of aromatic nitrogens is 1. The van der Waals surface area contributed by atoms with Crippen LogP contribution in [0.3, 0.4) is 0 Å². The van der Waals surface area contributed by atoms with Crippen LogP contribution in [0.2, 0.25) is 0 Å². The third-order valence-corrected chi connectivity index (χ3v) is 3.50. The van der Waals surface area contributed by atoms with Crippen LogP contribution in [-0.4, -0.2) is 40.8 Å². The quantitative estimate of drug-likeness (QED) is 0.861. The van der Waals surface area contributed by atoms with Gasteiger partial charge in [0.05, 0.1) is 5.92 Å². The summed E-state index contributed by atoms with van der Waals surface area (Å²) in [4.78, 5) is 26.5. The molecule has 1 heterocycles. The second kappa shape index (κ2) is 6.84. The summed E-state index contributed by atoms with van der Waals surface area (Å²) in [5.41, 5.74) is 0.107. The van der Waals surface area contributed by atoms with Gasteiger partial charge in [0.1, 0.15) is 0 Å². The van der Waals surface area contributed by atoms with Crippen LogP contribution in [-0.2, 0) is 4.79 Å². The molecule has 9 heteroatoms. The van der Waals surface area contributed by atoms with Crippen LogP contribution < -0.4 is 10.1 Å². The number of hydrogen-bond donors (Lipinski definition) is 2. The summed E-state index contributed by atoms with van der Waals surface area (Å²) in [6, 6.07) is 2.20. The molecule has 0 radical (unpaired) electrons. The van der Waals surface area contributed by atoms with Crippen LogP contribution >= 0.6 is 0 Å². The fraction of sp³-hybridized carbons (Fsp3) is 0.500. The number of nitrogens with one attached hydrogen (secondary N) is 1. The summed E-state index contributed by atoms with van der Waals surface area (Å²) in [5.74, 6) is -2.18. The number of carboxylic acids is 1. The number of rotatable bonds is 5. The molecule has 1 aliphatic rings. The molecule has 0 bridgehead atoms. The molecular weight excluding hydrogens is 317 g/mol. The maximum atomic E-state index is 12.1. The molecule has 6 nitrogen and oxygen atoms in total. The van der Waals surface area contributed by atoms with Crippen LogP contribution in [0.4, 0.5) is 13.2 Å². The van der Waals surface area contributed by atoms with E-state index < -0.39 is 30.6 Å². The number of alkyl halides is 3. The van der Waals surface area contributed by atoms with E-state index in [0.717, 1.165) is 6.07 Å². The lowest BCUT2D eigenvalue weighted by atomic mass is 10.1. The zero-order valence-electron chi connectivity index (χ0n) is 12.0. The molecule has 0 unspecified atom stereocenters. The molecule has 0 spiro atoms. The van der Waals surface area contributed by atoms with Crippen LogP contribution in [0, 0.1) is 5.92 Å². The SMILES string of the molecule is O=C(N[C@H]1CC[C@@H](C(=O)O)C1)c1ccnc(OCC(F)(F)F)c1. The van der Waals surface area contributed by atoms with Gasteiger partial charge in [0.15, 0.2) is 6.61 Å². The average molecular weight is 332 g/mol. The highest BCUT2D eigenvalue weighted by Gasteiger charge is 2.31. The number of amides is 1. The lowest BCUT2D eigenvalue weighted by Gasteiger charge is -2.13. The zero-order valence-corrected chi connectivity index (χ0v) is 12.0. The number of pyridine rings is 1. The highest BCUT2D eigenvalue weighted by molar-refractivity contribution is 5.94. The smallest absolute Gasteiger partial charge is 0.422 e. The first-order valence-corrected chi connectivity index (χ1v) is 6.94. The average Bonchev–Trinajstić information content (AvgIpc) is 2.93. The van der Waals surface area contributed by atoms with Gasteiger partial charge in [-0.15, -0.1) is 0 Å².